The molecule has 4 heteroatoms. The van der Waals surface area contributed by atoms with Gasteiger partial charge >= 0.3 is 0 Å². The Kier molecular flexibility index (Phi) is 4.02. The van der Waals surface area contributed by atoms with Crippen LogP contribution in [0.3, 0.4) is 0 Å². The van der Waals surface area contributed by atoms with Crippen molar-refractivity contribution >= 4 is 5.91 Å². The fourth-order valence-electron chi connectivity index (χ4n) is 1.31. The average molecular weight is 250 g/mol. The maximum absolute atomic E-state index is 12.1. The SMILES string of the molecule is CC(C)(N)C(C)(C)C(=O)NCc1ccc(O)cc1. The summed E-state index contributed by atoms with van der Waals surface area (Å²) < 4.78 is 0. The van der Waals surface area contributed by atoms with Crippen LogP contribution in [-0.4, -0.2) is 16.6 Å². The second kappa shape index (κ2) is 4.98. The fourth-order valence-corrected chi connectivity index (χ4v) is 1.31. The van der Waals surface area contributed by atoms with Crippen LogP contribution in [-0.2, 0) is 11.3 Å². The molecular weight excluding hydrogens is 228 g/mol. The van der Waals surface area contributed by atoms with Gasteiger partial charge in [0.2, 0.25) is 5.91 Å². The van der Waals surface area contributed by atoms with Crippen molar-refractivity contribution in [3.05, 3.63) is 29.8 Å². The maximum Gasteiger partial charge on any atom is 0.227 e. The summed E-state index contributed by atoms with van der Waals surface area (Å²) in [5.74, 6) is 0.136. The van der Waals surface area contributed by atoms with E-state index < -0.39 is 11.0 Å². The van der Waals surface area contributed by atoms with Gasteiger partial charge in [-0.05, 0) is 45.4 Å². The molecule has 0 bridgehead atoms. The van der Waals surface area contributed by atoms with Crippen molar-refractivity contribution in [1.29, 1.82) is 0 Å². The summed E-state index contributed by atoms with van der Waals surface area (Å²) in [5.41, 5.74) is 5.71. The van der Waals surface area contributed by atoms with Crippen LogP contribution in [0, 0.1) is 5.41 Å². The highest BCUT2D eigenvalue weighted by molar-refractivity contribution is 5.83. The molecule has 0 heterocycles. The molecule has 0 aromatic heterocycles. The molecule has 1 aromatic rings. The predicted octanol–water partition coefficient (Wildman–Crippen LogP) is 1.77. The lowest BCUT2D eigenvalue weighted by Crippen LogP contribution is -2.55. The molecule has 4 nitrogen and oxygen atoms in total. The van der Waals surface area contributed by atoms with E-state index in [1.807, 2.05) is 27.7 Å². The van der Waals surface area contributed by atoms with Crippen LogP contribution in [0.2, 0.25) is 0 Å². The molecule has 1 rings (SSSR count). The van der Waals surface area contributed by atoms with Crippen molar-refractivity contribution < 1.29 is 9.90 Å². The average Bonchev–Trinajstić information content (AvgIpc) is 2.26. The predicted molar refractivity (Wildman–Crippen MR) is 72.0 cm³/mol. The molecule has 0 saturated carbocycles. The van der Waals surface area contributed by atoms with Crippen molar-refractivity contribution in [2.24, 2.45) is 11.1 Å². The van der Waals surface area contributed by atoms with Gasteiger partial charge in [0.25, 0.3) is 0 Å². The number of phenolic OH excluding ortho intramolecular Hbond substituents is 1. The van der Waals surface area contributed by atoms with E-state index in [0.29, 0.717) is 6.54 Å². The van der Waals surface area contributed by atoms with Crippen molar-refractivity contribution in [3.8, 4) is 5.75 Å². The molecule has 0 radical (unpaired) electrons. The van der Waals surface area contributed by atoms with Gasteiger partial charge in [-0.15, -0.1) is 0 Å². The molecule has 1 aromatic carbocycles. The van der Waals surface area contributed by atoms with Crippen LogP contribution in [0.25, 0.3) is 0 Å². The Hall–Kier alpha value is -1.55. The van der Waals surface area contributed by atoms with Crippen LogP contribution in [0.15, 0.2) is 24.3 Å². The van der Waals surface area contributed by atoms with Gasteiger partial charge in [0.1, 0.15) is 5.75 Å². The second-order valence-electron chi connectivity index (χ2n) is 5.70. The number of hydrogen-bond donors (Lipinski definition) is 3. The number of nitrogens with two attached hydrogens (primary N) is 1. The summed E-state index contributed by atoms with van der Waals surface area (Å²) in [4.78, 5) is 12.1. The van der Waals surface area contributed by atoms with E-state index >= 15 is 0 Å². The van der Waals surface area contributed by atoms with Crippen LogP contribution in [0.4, 0.5) is 0 Å². The first-order chi connectivity index (χ1) is 8.14. The number of amides is 1. The van der Waals surface area contributed by atoms with Crippen molar-refractivity contribution in [2.75, 3.05) is 0 Å². The molecular formula is C14H22N2O2. The lowest BCUT2D eigenvalue weighted by atomic mass is 9.74. The van der Waals surface area contributed by atoms with Crippen molar-refractivity contribution in [2.45, 2.75) is 39.8 Å². The third-order valence-corrected chi connectivity index (χ3v) is 3.57. The molecule has 0 spiro atoms. The number of benzene rings is 1. The lowest BCUT2D eigenvalue weighted by molar-refractivity contribution is -0.132. The minimum Gasteiger partial charge on any atom is -0.508 e. The summed E-state index contributed by atoms with van der Waals surface area (Å²) in [7, 11) is 0. The van der Waals surface area contributed by atoms with E-state index in [4.69, 9.17) is 10.8 Å². The summed E-state index contributed by atoms with van der Waals surface area (Å²) in [6, 6.07) is 6.74. The van der Waals surface area contributed by atoms with Gasteiger partial charge in [-0.2, -0.15) is 0 Å². The number of carbonyl (C=O) groups is 1. The Labute approximate surface area is 108 Å². The Morgan fingerprint density at radius 2 is 1.72 bits per heavy atom. The highest BCUT2D eigenvalue weighted by atomic mass is 16.3. The van der Waals surface area contributed by atoms with Crippen LogP contribution < -0.4 is 11.1 Å². The zero-order valence-electron chi connectivity index (χ0n) is 11.4. The van der Waals surface area contributed by atoms with Crippen molar-refractivity contribution in [1.82, 2.24) is 5.32 Å². The minimum atomic E-state index is -0.649. The summed E-state index contributed by atoms with van der Waals surface area (Å²) in [6.07, 6.45) is 0. The highest BCUT2D eigenvalue weighted by Crippen LogP contribution is 2.28. The molecule has 0 aliphatic rings. The van der Waals surface area contributed by atoms with Gasteiger partial charge in [-0.25, -0.2) is 0 Å². The number of nitrogens with one attached hydrogen (secondary N) is 1. The molecule has 0 saturated heterocycles. The first kappa shape index (κ1) is 14.5. The molecule has 0 aliphatic heterocycles. The molecule has 0 fully saturated rings. The first-order valence-electron chi connectivity index (χ1n) is 5.99. The van der Waals surface area contributed by atoms with E-state index in [0.717, 1.165) is 5.56 Å². The smallest absolute Gasteiger partial charge is 0.227 e. The number of phenols is 1. The van der Waals surface area contributed by atoms with E-state index in [1.54, 1.807) is 24.3 Å². The third kappa shape index (κ3) is 3.23. The number of aromatic hydroxyl groups is 1. The topological polar surface area (TPSA) is 75.4 Å². The van der Waals surface area contributed by atoms with Crippen molar-refractivity contribution in [3.63, 3.8) is 0 Å². The summed E-state index contributed by atoms with van der Waals surface area (Å²) >= 11 is 0. The first-order valence-corrected chi connectivity index (χ1v) is 5.99. The maximum atomic E-state index is 12.1. The van der Waals surface area contributed by atoms with Gasteiger partial charge in [0, 0.05) is 12.1 Å². The second-order valence-corrected chi connectivity index (χ2v) is 5.70. The highest BCUT2D eigenvalue weighted by Gasteiger charge is 2.40. The molecule has 1 amide bonds. The van der Waals surface area contributed by atoms with E-state index in [9.17, 15) is 4.79 Å². The molecule has 0 unspecified atom stereocenters. The molecule has 0 atom stereocenters. The Morgan fingerprint density at radius 1 is 1.22 bits per heavy atom. The van der Waals surface area contributed by atoms with E-state index in [1.165, 1.54) is 0 Å². The monoisotopic (exact) mass is 250 g/mol. The largest absolute Gasteiger partial charge is 0.508 e. The zero-order valence-corrected chi connectivity index (χ0v) is 11.4. The molecule has 100 valence electrons. The lowest BCUT2D eigenvalue weighted by Gasteiger charge is -2.36. The normalized spacial score (nSPS) is 12.3. The van der Waals surface area contributed by atoms with Gasteiger partial charge in [-0.3, -0.25) is 4.79 Å². The Bertz CT molecular complexity index is 416. The fraction of sp³-hybridized carbons (Fsp3) is 0.500. The minimum absolute atomic E-state index is 0.0805. The van der Waals surface area contributed by atoms with Crippen LogP contribution in [0.5, 0.6) is 5.75 Å². The quantitative estimate of drug-likeness (QED) is 0.762. The number of hydrogen-bond acceptors (Lipinski definition) is 3. The molecule has 0 aliphatic carbocycles. The van der Waals surface area contributed by atoms with E-state index in [-0.39, 0.29) is 11.7 Å². The van der Waals surface area contributed by atoms with Crippen LogP contribution in [0.1, 0.15) is 33.3 Å². The standard InChI is InChI=1S/C14H22N2O2/c1-13(2,14(3,4)15)12(18)16-9-10-5-7-11(17)8-6-10/h5-8,17H,9,15H2,1-4H3,(H,16,18). The van der Waals surface area contributed by atoms with Gasteiger partial charge in [0.15, 0.2) is 0 Å². The van der Waals surface area contributed by atoms with Gasteiger partial charge in [0.05, 0.1) is 5.41 Å². The Morgan fingerprint density at radius 3 is 2.17 bits per heavy atom. The molecule has 18 heavy (non-hydrogen) atoms. The van der Waals surface area contributed by atoms with Gasteiger partial charge < -0.3 is 16.2 Å². The number of carbonyl (C=O) groups excluding carboxylic acids is 1. The Balaban J connectivity index is 2.64. The van der Waals surface area contributed by atoms with Crippen LogP contribution >= 0.6 is 0 Å². The number of rotatable bonds is 4. The summed E-state index contributed by atoms with van der Waals surface area (Å²) in [6.45, 7) is 7.78. The molecule has 4 N–H and O–H groups in total. The zero-order chi connectivity index (χ0) is 14.0. The van der Waals surface area contributed by atoms with E-state index in [2.05, 4.69) is 5.32 Å². The van der Waals surface area contributed by atoms with Gasteiger partial charge in [-0.1, -0.05) is 12.1 Å². The summed E-state index contributed by atoms with van der Waals surface area (Å²) in [5, 5.41) is 12.0. The third-order valence-electron chi connectivity index (χ3n) is 3.57.